The molecule has 1 amide bonds. The van der Waals surface area contributed by atoms with Crippen molar-refractivity contribution < 1.29 is 24.2 Å². The maximum atomic E-state index is 12.7. The predicted octanol–water partition coefficient (Wildman–Crippen LogP) is 1.08. The van der Waals surface area contributed by atoms with Crippen molar-refractivity contribution in [2.24, 2.45) is 0 Å². The average molecular weight is 241 g/mol. The fourth-order valence-corrected chi connectivity index (χ4v) is 1.35. The van der Waals surface area contributed by atoms with Crippen molar-refractivity contribution in [3.63, 3.8) is 0 Å². The number of benzene rings is 1. The van der Waals surface area contributed by atoms with Crippen molar-refractivity contribution in [2.75, 3.05) is 13.1 Å². The van der Waals surface area contributed by atoms with Gasteiger partial charge in [0.2, 0.25) is 0 Å². The maximum Gasteiger partial charge on any atom is 0.323 e. The molecule has 2 N–H and O–H groups in total. The van der Waals surface area contributed by atoms with Crippen LogP contribution in [0.5, 0.6) is 5.75 Å². The SMILES string of the molecule is CCN(CC(=O)O)C(=O)c1ccc(F)cc1O. The molecule has 1 rings (SSSR count). The van der Waals surface area contributed by atoms with Crippen molar-refractivity contribution in [1.29, 1.82) is 0 Å². The van der Waals surface area contributed by atoms with E-state index in [4.69, 9.17) is 5.11 Å². The van der Waals surface area contributed by atoms with Crippen LogP contribution < -0.4 is 0 Å². The summed E-state index contributed by atoms with van der Waals surface area (Å²) in [6, 6.07) is 2.96. The molecule has 0 fully saturated rings. The summed E-state index contributed by atoms with van der Waals surface area (Å²) >= 11 is 0. The zero-order chi connectivity index (χ0) is 13.0. The molecule has 0 aromatic heterocycles. The van der Waals surface area contributed by atoms with Crippen LogP contribution in [0.15, 0.2) is 18.2 Å². The average Bonchev–Trinajstić information content (AvgIpc) is 2.24. The number of carboxylic acid groups (broad SMARTS) is 1. The first kappa shape index (κ1) is 13.0. The lowest BCUT2D eigenvalue weighted by molar-refractivity contribution is -0.137. The molecule has 0 atom stereocenters. The lowest BCUT2D eigenvalue weighted by atomic mass is 10.1. The summed E-state index contributed by atoms with van der Waals surface area (Å²) in [6.45, 7) is 1.33. The number of aliphatic carboxylic acids is 1. The summed E-state index contributed by atoms with van der Waals surface area (Å²) in [6.07, 6.45) is 0. The first-order valence-corrected chi connectivity index (χ1v) is 4.95. The fourth-order valence-electron chi connectivity index (χ4n) is 1.35. The molecule has 5 nitrogen and oxygen atoms in total. The molecule has 92 valence electrons. The maximum absolute atomic E-state index is 12.7. The second-order valence-corrected chi connectivity index (χ2v) is 3.37. The van der Waals surface area contributed by atoms with Gasteiger partial charge in [-0.15, -0.1) is 0 Å². The van der Waals surface area contributed by atoms with Gasteiger partial charge in [-0.2, -0.15) is 0 Å². The molecule has 0 bridgehead atoms. The van der Waals surface area contributed by atoms with E-state index in [9.17, 15) is 19.1 Å². The second kappa shape index (κ2) is 5.29. The molecule has 6 heteroatoms. The Hall–Kier alpha value is -2.11. The van der Waals surface area contributed by atoms with E-state index in [1.165, 1.54) is 0 Å². The molecule has 0 spiro atoms. The number of likely N-dealkylation sites (N-methyl/N-ethyl adjacent to an activating group) is 1. The molecule has 1 aromatic carbocycles. The van der Waals surface area contributed by atoms with E-state index in [2.05, 4.69) is 0 Å². The highest BCUT2D eigenvalue weighted by Crippen LogP contribution is 2.19. The van der Waals surface area contributed by atoms with Crippen LogP contribution in [-0.2, 0) is 4.79 Å². The number of aromatic hydroxyl groups is 1. The Morgan fingerprint density at radius 1 is 1.41 bits per heavy atom. The van der Waals surface area contributed by atoms with Crippen LogP contribution in [0.2, 0.25) is 0 Å². The number of hydrogen-bond acceptors (Lipinski definition) is 3. The lowest BCUT2D eigenvalue weighted by Crippen LogP contribution is -2.35. The number of halogens is 1. The van der Waals surface area contributed by atoms with Crippen molar-refractivity contribution in [2.45, 2.75) is 6.92 Å². The zero-order valence-electron chi connectivity index (χ0n) is 9.18. The van der Waals surface area contributed by atoms with E-state index < -0.39 is 30.0 Å². The quantitative estimate of drug-likeness (QED) is 0.826. The van der Waals surface area contributed by atoms with E-state index in [1.54, 1.807) is 6.92 Å². The van der Waals surface area contributed by atoms with Gasteiger partial charge in [0.05, 0.1) is 5.56 Å². The molecule has 1 aromatic rings. The molecular formula is C11H12FNO4. The highest BCUT2D eigenvalue weighted by Gasteiger charge is 2.19. The topological polar surface area (TPSA) is 77.8 Å². The Morgan fingerprint density at radius 2 is 2.06 bits per heavy atom. The second-order valence-electron chi connectivity index (χ2n) is 3.37. The smallest absolute Gasteiger partial charge is 0.323 e. The van der Waals surface area contributed by atoms with Gasteiger partial charge in [-0.3, -0.25) is 9.59 Å². The van der Waals surface area contributed by atoms with Crippen molar-refractivity contribution in [3.8, 4) is 5.75 Å². The Morgan fingerprint density at radius 3 is 2.53 bits per heavy atom. The monoisotopic (exact) mass is 241 g/mol. The molecule has 0 unspecified atom stereocenters. The van der Waals surface area contributed by atoms with Gasteiger partial charge in [-0.05, 0) is 19.1 Å². The molecule has 0 aliphatic carbocycles. The number of carbonyl (C=O) groups excluding carboxylic acids is 1. The third kappa shape index (κ3) is 3.17. The van der Waals surface area contributed by atoms with Crippen LogP contribution in [0.4, 0.5) is 4.39 Å². The Labute approximate surface area is 97.1 Å². The van der Waals surface area contributed by atoms with Crippen LogP contribution in [0.3, 0.4) is 0 Å². The third-order valence-corrected chi connectivity index (χ3v) is 2.19. The van der Waals surface area contributed by atoms with Gasteiger partial charge in [0, 0.05) is 12.6 Å². The van der Waals surface area contributed by atoms with E-state index >= 15 is 0 Å². The minimum absolute atomic E-state index is 0.116. The summed E-state index contributed by atoms with van der Waals surface area (Å²) < 4.78 is 12.7. The van der Waals surface area contributed by atoms with Crippen molar-refractivity contribution >= 4 is 11.9 Å². The minimum Gasteiger partial charge on any atom is -0.507 e. The van der Waals surface area contributed by atoms with Gasteiger partial charge >= 0.3 is 5.97 Å². The number of nitrogens with zero attached hydrogens (tertiary/aromatic N) is 1. The molecule has 17 heavy (non-hydrogen) atoms. The largest absolute Gasteiger partial charge is 0.507 e. The summed E-state index contributed by atoms with van der Waals surface area (Å²) in [4.78, 5) is 23.4. The molecule has 0 saturated carbocycles. The van der Waals surface area contributed by atoms with Gasteiger partial charge in [-0.25, -0.2) is 4.39 Å². The molecule has 0 heterocycles. The first-order chi connectivity index (χ1) is 7.95. The molecule has 0 radical (unpaired) electrons. The van der Waals surface area contributed by atoms with Crippen molar-refractivity contribution in [3.05, 3.63) is 29.6 Å². The first-order valence-electron chi connectivity index (χ1n) is 4.95. The molecule has 0 aliphatic rings. The fraction of sp³-hybridized carbons (Fsp3) is 0.273. The standard InChI is InChI=1S/C11H12FNO4/c1-2-13(6-10(15)16)11(17)8-4-3-7(12)5-9(8)14/h3-5,14H,2,6H2,1H3,(H,15,16). The summed E-state index contributed by atoms with van der Waals surface area (Å²) in [7, 11) is 0. The summed E-state index contributed by atoms with van der Waals surface area (Å²) in [5.74, 6) is -2.96. The number of rotatable bonds is 4. The number of carbonyl (C=O) groups is 2. The van der Waals surface area contributed by atoms with E-state index in [0.717, 1.165) is 23.1 Å². The number of carboxylic acids is 1. The van der Waals surface area contributed by atoms with Gasteiger partial charge < -0.3 is 15.1 Å². The minimum atomic E-state index is -1.15. The third-order valence-electron chi connectivity index (χ3n) is 2.19. The van der Waals surface area contributed by atoms with Gasteiger partial charge in [0.1, 0.15) is 18.1 Å². The molecule has 0 aliphatic heterocycles. The Bertz CT molecular complexity index is 447. The normalized spacial score (nSPS) is 10.0. The van der Waals surface area contributed by atoms with Gasteiger partial charge in [-0.1, -0.05) is 0 Å². The van der Waals surface area contributed by atoms with Crippen LogP contribution in [0.25, 0.3) is 0 Å². The molecule has 0 saturated heterocycles. The summed E-state index contributed by atoms with van der Waals surface area (Å²) in [5.41, 5.74) is -0.116. The number of phenolic OH excluding ortho intramolecular Hbond substituents is 1. The number of phenols is 1. The zero-order valence-corrected chi connectivity index (χ0v) is 9.18. The Kier molecular flexibility index (Phi) is 4.03. The van der Waals surface area contributed by atoms with Crippen LogP contribution >= 0.6 is 0 Å². The highest BCUT2D eigenvalue weighted by molar-refractivity contribution is 5.98. The van der Waals surface area contributed by atoms with Gasteiger partial charge in [0.25, 0.3) is 5.91 Å². The highest BCUT2D eigenvalue weighted by atomic mass is 19.1. The molecular weight excluding hydrogens is 229 g/mol. The van der Waals surface area contributed by atoms with Crippen LogP contribution in [0.1, 0.15) is 17.3 Å². The van der Waals surface area contributed by atoms with Crippen LogP contribution in [-0.4, -0.2) is 40.1 Å². The number of hydrogen-bond donors (Lipinski definition) is 2. The van der Waals surface area contributed by atoms with E-state index in [1.807, 2.05) is 0 Å². The van der Waals surface area contributed by atoms with Gasteiger partial charge in [0.15, 0.2) is 0 Å². The van der Waals surface area contributed by atoms with Crippen molar-refractivity contribution in [1.82, 2.24) is 4.90 Å². The van der Waals surface area contributed by atoms with Crippen LogP contribution in [0, 0.1) is 5.82 Å². The Balaban J connectivity index is 2.97. The number of amides is 1. The predicted molar refractivity (Wildman–Crippen MR) is 57.3 cm³/mol. The van der Waals surface area contributed by atoms with E-state index in [-0.39, 0.29) is 12.1 Å². The van der Waals surface area contributed by atoms with E-state index in [0.29, 0.717) is 0 Å². The lowest BCUT2D eigenvalue weighted by Gasteiger charge is -2.18. The summed E-state index contributed by atoms with van der Waals surface area (Å²) in [5, 5.41) is 18.0.